The third-order valence-electron chi connectivity index (χ3n) is 4.50. The van der Waals surface area contributed by atoms with Gasteiger partial charge in [-0.05, 0) is 30.2 Å². The van der Waals surface area contributed by atoms with Crippen LogP contribution >= 0.6 is 35.6 Å². The molecule has 134 valence electrons. The second-order valence-corrected chi connectivity index (χ2v) is 6.78. The summed E-state index contributed by atoms with van der Waals surface area (Å²) in [4.78, 5) is 14.4. The second kappa shape index (κ2) is 8.37. The molecule has 7 heteroatoms. The Labute approximate surface area is 162 Å². The lowest BCUT2D eigenvalue weighted by atomic mass is 9.89. The fourth-order valence-electron chi connectivity index (χ4n) is 3.21. The van der Waals surface area contributed by atoms with Crippen molar-refractivity contribution in [2.24, 2.45) is 11.7 Å². The van der Waals surface area contributed by atoms with Crippen molar-refractivity contribution >= 4 is 41.5 Å². The lowest BCUT2D eigenvalue weighted by Gasteiger charge is -2.17. The Hall–Kier alpha value is -1.33. The van der Waals surface area contributed by atoms with E-state index in [1.54, 1.807) is 4.90 Å². The average molecular weight is 404 g/mol. The van der Waals surface area contributed by atoms with Crippen molar-refractivity contribution < 1.29 is 9.18 Å². The first kappa shape index (κ1) is 20.0. The van der Waals surface area contributed by atoms with E-state index in [4.69, 9.17) is 28.9 Å². The molecule has 1 fully saturated rings. The van der Waals surface area contributed by atoms with Gasteiger partial charge in [-0.2, -0.15) is 0 Å². The number of carbonyl (C=O) groups is 1. The summed E-state index contributed by atoms with van der Waals surface area (Å²) in [6.07, 6.45) is 0. The summed E-state index contributed by atoms with van der Waals surface area (Å²) in [5, 5.41) is 0.0545. The number of hydrogen-bond acceptors (Lipinski definition) is 2. The molecule has 3 rings (SSSR count). The van der Waals surface area contributed by atoms with Crippen LogP contribution in [0.1, 0.15) is 21.8 Å². The highest BCUT2D eigenvalue weighted by Gasteiger charge is 2.36. The first-order valence-corrected chi connectivity index (χ1v) is 8.45. The third kappa shape index (κ3) is 4.09. The number of rotatable bonds is 3. The van der Waals surface area contributed by atoms with Crippen LogP contribution in [0, 0.1) is 11.7 Å². The molecule has 0 bridgehead atoms. The summed E-state index contributed by atoms with van der Waals surface area (Å²) in [5.74, 6) is -0.630. The molecule has 0 unspecified atom stereocenters. The summed E-state index contributed by atoms with van der Waals surface area (Å²) < 4.78 is 13.7. The predicted molar refractivity (Wildman–Crippen MR) is 101 cm³/mol. The van der Waals surface area contributed by atoms with Gasteiger partial charge in [0.15, 0.2) is 0 Å². The highest BCUT2D eigenvalue weighted by atomic mass is 35.5. The Morgan fingerprint density at radius 2 is 1.84 bits per heavy atom. The molecule has 1 amide bonds. The van der Waals surface area contributed by atoms with Crippen LogP contribution in [0.25, 0.3) is 0 Å². The maximum Gasteiger partial charge on any atom is 0.255 e. The molecule has 0 saturated carbocycles. The van der Waals surface area contributed by atoms with Gasteiger partial charge in [0.25, 0.3) is 5.91 Å². The summed E-state index contributed by atoms with van der Waals surface area (Å²) in [6, 6.07) is 12.3. The zero-order valence-electron chi connectivity index (χ0n) is 13.3. The molecular weight excluding hydrogens is 386 g/mol. The van der Waals surface area contributed by atoms with Crippen LogP contribution in [-0.4, -0.2) is 30.4 Å². The maximum absolute atomic E-state index is 13.7. The lowest BCUT2D eigenvalue weighted by Crippen LogP contribution is -2.30. The summed E-state index contributed by atoms with van der Waals surface area (Å²) in [5.41, 5.74) is 7.17. The van der Waals surface area contributed by atoms with Crippen LogP contribution in [0.4, 0.5) is 4.39 Å². The van der Waals surface area contributed by atoms with E-state index >= 15 is 0 Å². The lowest BCUT2D eigenvalue weighted by molar-refractivity contribution is 0.0786. The van der Waals surface area contributed by atoms with Crippen molar-refractivity contribution in [3.05, 3.63) is 69.5 Å². The Kier molecular flexibility index (Phi) is 6.69. The van der Waals surface area contributed by atoms with Crippen LogP contribution < -0.4 is 5.73 Å². The van der Waals surface area contributed by atoms with E-state index in [-0.39, 0.29) is 45.8 Å². The standard InChI is InChI=1S/C18H17Cl2FN2O.ClH/c19-15-7-16(20)17(21)6-13(15)18(24)23-9-12(8-22)14(10-23)11-4-2-1-3-5-11;/h1-7,12,14H,8-10,22H2;1H/t12-,14+;/m1./s1. The fourth-order valence-corrected chi connectivity index (χ4v) is 3.67. The molecule has 25 heavy (non-hydrogen) atoms. The normalized spacial score (nSPS) is 19.6. The topological polar surface area (TPSA) is 46.3 Å². The summed E-state index contributed by atoms with van der Waals surface area (Å²) >= 11 is 11.8. The molecule has 2 N–H and O–H groups in total. The predicted octanol–water partition coefficient (Wildman–Crippen LogP) is 4.37. The van der Waals surface area contributed by atoms with E-state index in [9.17, 15) is 9.18 Å². The molecule has 3 nitrogen and oxygen atoms in total. The van der Waals surface area contributed by atoms with Gasteiger partial charge in [-0.15, -0.1) is 12.4 Å². The van der Waals surface area contributed by atoms with Crippen molar-refractivity contribution in [1.82, 2.24) is 4.90 Å². The zero-order chi connectivity index (χ0) is 17.3. The van der Waals surface area contributed by atoms with E-state index in [1.807, 2.05) is 30.3 Å². The van der Waals surface area contributed by atoms with Gasteiger partial charge in [0.05, 0.1) is 15.6 Å². The van der Waals surface area contributed by atoms with Crippen LogP contribution in [-0.2, 0) is 0 Å². The van der Waals surface area contributed by atoms with Gasteiger partial charge < -0.3 is 10.6 Å². The molecule has 1 saturated heterocycles. The van der Waals surface area contributed by atoms with E-state index in [1.165, 1.54) is 6.07 Å². The molecule has 0 aromatic heterocycles. The van der Waals surface area contributed by atoms with Crippen LogP contribution in [0.2, 0.25) is 10.0 Å². The molecule has 2 aromatic carbocycles. The number of halogens is 4. The molecule has 1 aliphatic heterocycles. The maximum atomic E-state index is 13.7. The van der Waals surface area contributed by atoms with E-state index in [2.05, 4.69) is 0 Å². The van der Waals surface area contributed by atoms with Gasteiger partial charge in [-0.3, -0.25) is 4.79 Å². The van der Waals surface area contributed by atoms with Crippen molar-refractivity contribution in [3.63, 3.8) is 0 Å². The Balaban J connectivity index is 0.00000225. The van der Waals surface area contributed by atoms with E-state index in [0.29, 0.717) is 19.6 Å². The minimum absolute atomic E-state index is 0. The van der Waals surface area contributed by atoms with E-state index < -0.39 is 5.82 Å². The molecule has 0 spiro atoms. The van der Waals surface area contributed by atoms with Crippen molar-refractivity contribution in [1.29, 1.82) is 0 Å². The molecule has 1 aliphatic rings. The Morgan fingerprint density at radius 1 is 1.16 bits per heavy atom. The van der Waals surface area contributed by atoms with Crippen molar-refractivity contribution in [3.8, 4) is 0 Å². The molecule has 0 aliphatic carbocycles. The minimum atomic E-state index is -0.654. The number of nitrogens with two attached hydrogens (primary N) is 1. The SMILES string of the molecule is Cl.NC[C@@H]1CN(C(=O)c2cc(F)c(Cl)cc2Cl)C[C@H]1c1ccccc1. The van der Waals surface area contributed by atoms with Gasteiger partial charge in [0.1, 0.15) is 5.82 Å². The zero-order valence-corrected chi connectivity index (χ0v) is 15.6. The molecule has 1 heterocycles. The highest BCUT2D eigenvalue weighted by Crippen LogP contribution is 2.34. The smallest absolute Gasteiger partial charge is 0.255 e. The molecule has 0 radical (unpaired) electrons. The largest absolute Gasteiger partial charge is 0.338 e. The van der Waals surface area contributed by atoms with Gasteiger partial charge in [0, 0.05) is 19.0 Å². The monoisotopic (exact) mass is 402 g/mol. The van der Waals surface area contributed by atoms with Gasteiger partial charge in [0.2, 0.25) is 0 Å². The summed E-state index contributed by atoms with van der Waals surface area (Å²) in [7, 11) is 0. The van der Waals surface area contributed by atoms with Gasteiger partial charge >= 0.3 is 0 Å². The number of carbonyl (C=O) groups excluding carboxylic acids is 1. The number of hydrogen-bond donors (Lipinski definition) is 1. The molecular formula is C18H18Cl3FN2O. The first-order valence-electron chi connectivity index (χ1n) is 7.70. The molecule has 2 atom stereocenters. The number of likely N-dealkylation sites (tertiary alicyclic amines) is 1. The van der Waals surface area contributed by atoms with Gasteiger partial charge in [-0.25, -0.2) is 4.39 Å². The van der Waals surface area contributed by atoms with Crippen molar-refractivity contribution in [2.45, 2.75) is 5.92 Å². The first-order chi connectivity index (χ1) is 11.5. The average Bonchev–Trinajstić information content (AvgIpc) is 3.02. The number of nitrogens with zero attached hydrogens (tertiary/aromatic N) is 1. The quantitative estimate of drug-likeness (QED) is 0.774. The third-order valence-corrected chi connectivity index (χ3v) is 5.10. The number of benzene rings is 2. The highest BCUT2D eigenvalue weighted by molar-refractivity contribution is 6.36. The van der Waals surface area contributed by atoms with Crippen LogP contribution in [0.15, 0.2) is 42.5 Å². The van der Waals surface area contributed by atoms with Crippen LogP contribution in [0.3, 0.4) is 0 Å². The minimum Gasteiger partial charge on any atom is -0.338 e. The molecule has 2 aromatic rings. The Morgan fingerprint density at radius 3 is 2.48 bits per heavy atom. The van der Waals surface area contributed by atoms with Crippen molar-refractivity contribution in [2.75, 3.05) is 19.6 Å². The van der Waals surface area contributed by atoms with E-state index in [0.717, 1.165) is 11.6 Å². The number of amides is 1. The summed E-state index contributed by atoms with van der Waals surface area (Å²) in [6.45, 7) is 1.53. The fraction of sp³-hybridized carbons (Fsp3) is 0.278. The Bertz CT molecular complexity index is 757. The van der Waals surface area contributed by atoms with Gasteiger partial charge in [-0.1, -0.05) is 53.5 Å². The van der Waals surface area contributed by atoms with Crippen LogP contribution in [0.5, 0.6) is 0 Å². The second-order valence-electron chi connectivity index (χ2n) is 5.97.